The molecule has 1 aromatic heterocycles. The van der Waals surface area contributed by atoms with Gasteiger partial charge in [-0.25, -0.2) is 10.5 Å². The maximum atomic E-state index is 11.3. The number of carbonyl (C=O) groups is 1. The lowest BCUT2D eigenvalue weighted by molar-refractivity contribution is 0.0410. The molecule has 74 valence electrons. The molecule has 5 heteroatoms. The molecule has 0 fully saturated rings. The van der Waals surface area contributed by atoms with Crippen molar-refractivity contribution in [1.82, 2.24) is 10.5 Å². The quantitative estimate of drug-likeness (QED) is 0.434. The predicted molar refractivity (Wildman–Crippen MR) is 48.2 cm³/mol. The Morgan fingerprint density at radius 2 is 2.43 bits per heavy atom. The molecule has 0 unspecified atom stereocenters. The zero-order valence-electron chi connectivity index (χ0n) is 7.96. The lowest BCUT2D eigenvalue weighted by Gasteiger charge is -1.99. The van der Waals surface area contributed by atoms with E-state index in [0.717, 1.165) is 0 Å². The molecular formula is C9H10N2O3. The smallest absolute Gasteiger partial charge is 0.312 e. The number of hydrogen-bond donors (Lipinski definition) is 1. The van der Waals surface area contributed by atoms with Crippen LogP contribution in [-0.2, 0) is 4.84 Å². The predicted octanol–water partition coefficient (Wildman–Crippen LogP) is 0.586. The summed E-state index contributed by atoms with van der Waals surface area (Å²) >= 11 is 0. The van der Waals surface area contributed by atoms with Gasteiger partial charge in [0.15, 0.2) is 5.89 Å². The standard InChI is InChI=1S/C9H10N2O3/c1-4-5-13-11-9(12)8-6(2)10-7(3)14-8/h1H,5H2,2-3H3,(H,11,12). The molecule has 0 aliphatic carbocycles. The summed E-state index contributed by atoms with van der Waals surface area (Å²) in [5.74, 6) is 2.30. The Morgan fingerprint density at radius 1 is 1.71 bits per heavy atom. The molecule has 0 spiro atoms. The van der Waals surface area contributed by atoms with Gasteiger partial charge >= 0.3 is 5.91 Å². The molecule has 1 amide bonds. The van der Waals surface area contributed by atoms with Crippen molar-refractivity contribution < 1.29 is 14.0 Å². The summed E-state index contributed by atoms with van der Waals surface area (Å²) in [6.45, 7) is 3.34. The monoisotopic (exact) mass is 194 g/mol. The molecule has 1 N–H and O–H groups in total. The van der Waals surface area contributed by atoms with Crippen molar-refractivity contribution in [2.45, 2.75) is 13.8 Å². The molecule has 0 aromatic carbocycles. The van der Waals surface area contributed by atoms with Gasteiger partial charge < -0.3 is 4.42 Å². The van der Waals surface area contributed by atoms with Crippen LogP contribution in [0.25, 0.3) is 0 Å². The highest BCUT2D eigenvalue weighted by Crippen LogP contribution is 2.08. The lowest BCUT2D eigenvalue weighted by Crippen LogP contribution is -2.24. The van der Waals surface area contributed by atoms with Crippen LogP contribution in [0.5, 0.6) is 0 Å². The average Bonchev–Trinajstić information content (AvgIpc) is 2.45. The largest absolute Gasteiger partial charge is 0.435 e. The third kappa shape index (κ3) is 2.34. The fraction of sp³-hybridized carbons (Fsp3) is 0.333. The van der Waals surface area contributed by atoms with Gasteiger partial charge in [-0.15, -0.1) is 6.42 Å². The fourth-order valence-corrected chi connectivity index (χ4v) is 0.932. The molecule has 1 heterocycles. The number of amides is 1. The molecule has 1 rings (SSSR count). The van der Waals surface area contributed by atoms with Crippen LogP contribution in [0.2, 0.25) is 0 Å². The zero-order valence-corrected chi connectivity index (χ0v) is 7.96. The average molecular weight is 194 g/mol. The molecule has 1 aromatic rings. The maximum absolute atomic E-state index is 11.3. The van der Waals surface area contributed by atoms with E-state index in [1.54, 1.807) is 13.8 Å². The summed E-state index contributed by atoms with van der Waals surface area (Å²) in [7, 11) is 0. The van der Waals surface area contributed by atoms with Gasteiger partial charge in [0.2, 0.25) is 5.76 Å². The van der Waals surface area contributed by atoms with E-state index in [2.05, 4.69) is 21.2 Å². The van der Waals surface area contributed by atoms with Crippen molar-refractivity contribution >= 4 is 5.91 Å². The van der Waals surface area contributed by atoms with Gasteiger partial charge in [-0.1, -0.05) is 5.92 Å². The van der Waals surface area contributed by atoms with Crippen LogP contribution in [0, 0.1) is 26.2 Å². The van der Waals surface area contributed by atoms with Gasteiger partial charge in [0.1, 0.15) is 6.61 Å². The lowest BCUT2D eigenvalue weighted by atomic mass is 10.4. The van der Waals surface area contributed by atoms with E-state index in [4.69, 9.17) is 10.8 Å². The van der Waals surface area contributed by atoms with E-state index in [1.807, 2.05) is 0 Å². The van der Waals surface area contributed by atoms with Gasteiger partial charge in [0.05, 0.1) is 5.69 Å². The number of aryl methyl sites for hydroxylation is 2. The number of oxazole rings is 1. The molecule has 0 bridgehead atoms. The van der Waals surface area contributed by atoms with Gasteiger partial charge in [-0.3, -0.25) is 9.63 Å². The van der Waals surface area contributed by atoms with Crippen molar-refractivity contribution in [2.24, 2.45) is 0 Å². The van der Waals surface area contributed by atoms with Crippen molar-refractivity contribution in [2.75, 3.05) is 6.61 Å². The first-order valence-corrected chi connectivity index (χ1v) is 3.94. The van der Waals surface area contributed by atoms with Gasteiger partial charge in [0, 0.05) is 6.92 Å². The Balaban J connectivity index is 2.61. The molecule has 5 nitrogen and oxygen atoms in total. The van der Waals surface area contributed by atoms with Gasteiger partial charge in [-0.2, -0.15) is 0 Å². The van der Waals surface area contributed by atoms with Crippen LogP contribution < -0.4 is 5.48 Å². The Hall–Kier alpha value is -1.80. The Morgan fingerprint density at radius 3 is 2.93 bits per heavy atom. The number of hydrogen-bond acceptors (Lipinski definition) is 4. The third-order valence-corrected chi connectivity index (χ3v) is 1.43. The molecule has 0 aliphatic rings. The second-order valence-electron chi connectivity index (χ2n) is 2.57. The van der Waals surface area contributed by atoms with E-state index in [9.17, 15) is 4.79 Å². The van der Waals surface area contributed by atoms with E-state index < -0.39 is 5.91 Å². The summed E-state index contributed by atoms with van der Waals surface area (Å²) in [5.41, 5.74) is 2.66. The highest BCUT2D eigenvalue weighted by Gasteiger charge is 2.15. The number of carbonyl (C=O) groups excluding carboxylic acids is 1. The number of rotatable bonds is 3. The van der Waals surface area contributed by atoms with Crippen LogP contribution in [0.4, 0.5) is 0 Å². The highest BCUT2D eigenvalue weighted by molar-refractivity contribution is 5.91. The van der Waals surface area contributed by atoms with Crippen LogP contribution in [0.15, 0.2) is 4.42 Å². The maximum Gasteiger partial charge on any atom is 0.312 e. The van der Waals surface area contributed by atoms with Crippen molar-refractivity contribution in [3.8, 4) is 12.3 Å². The number of nitrogens with zero attached hydrogens (tertiary/aromatic N) is 1. The molecule has 0 radical (unpaired) electrons. The van der Waals surface area contributed by atoms with E-state index >= 15 is 0 Å². The summed E-state index contributed by atoms with van der Waals surface area (Å²) in [4.78, 5) is 19.9. The van der Waals surface area contributed by atoms with Gasteiger partial charge in [-0.05, 0) is 6.92 Å². The Kier molecular flexibility index (Phi) is 3.26. The first kappa shape index (κ1) is 10.3. The molecule has 0 saturated carbocycles. The summed E-state index contributed by atoms with van der Waals surface area (Å²) in [5, 5.41) is 0. The first-order valence-electron chi connectivity index (χ1n) is 3.94. The van der Waals surface area contributed by atoms with E-state index in [-0.39, 0.29) is 12.4 Å². The molecule has 14 heavy (non-hydrogen) atoms. The fourth-order valence-electron chi connectivity index (χ4n) is 0.932. The molecular weight excluding hydrogens is 184 g/mol. The highest BCUT2D eigenvalue weighted by atomic mass is 16.7. The minimum Gasteiger partial charge on any atom is -0.435 e. The minimum atomic E-state index is -0.488. The van der Waals surface area contributed by atoms with Gasteiger partial charge in [0.25, 0.3) is 0 Å². The van der Waals surface area contributed by atoms with Crippen LogP contribution in [0.1, 0.15) is 22.1 Å². The number of terminal acetylenes is 1. The van der Waals surface area contributed by atoms with Crippen LogP contribution >= 0.6 is 0 Å². The van der Waals surface area contributed by atoms with Crippen molar-refractivity contribution in [3.05, 3.63) is 17.3 Å². The molecule has 0 aliphatic heterocycles. The Labute approximate surface area is 81.4 Å². The molecule has 0 atom stereocenters. The van der Waals surface area contributed by atoms with Crippen molar-refractivity contribution in [3.63, 3.8) is 0 Å². The Bertz CT molecular complexity index is 376. The topological polar surface area (TPSA) is 64.4 Å². The van der Waals surface area contributed by atoms with E-state index in [0.29, 0.717) is 11.6 Å². The normalized spacial score (nSPS) is 9.50. The second kappa shape index (κ2) is 4.44. The zero-order chi connectivity index (χ0) is 10.6. The SMILES string of the molecule is C#CCONC(=O)c1oc(C)nc1C. The number of hydroxylamine groups is 1. The third-order valence-electron chi connectivity index (χ3n) is 1.43. The summed E-state index contributed by atoms with van der Waals surface area (Å²) < 4.78 is 5.05. The van der Waals surface area contributed by atoms with Crippen LogP contribution in [0.3, 0.4) is 0 Å². The summed E-state index contributed by atoms with van der Waals surface area (Å²) in [6.07, 6.45) is 4.93. The number of nitrogens with one attached hydrogen (secondary N) is 1. The van der Waals surface area contributed by atoms with Crippen molar-refractivity contribution in [1.29, 1.82) is 0 Å². The van der Waals surface area contributed by atoms with Crippen LogP contribution in [-0.4, -0.2) is 17.5 Å². The summed E-state index contributed by atoms with van der Waals surface area (Å²) in [6, 6.07) is 0. The second-order valence-corrected chi connectivity index (χ2v) is 2.57. The minimum absolute atomic E-state index is 0.0118. The molecule has 0 saturated heterocycles. The first-order chi connectivity index (χ1) is 6.65. The van der Waals surface area contributed by atoms with E-state index in [1.165, 1.54) is 0 Å². The number of aromatic nitrogens is 1.